The SMILES string of the molecule is NC1CC(=O)Oc2c(Br)cc(Br)cc21. The average molecular weight is 321 g/mol. The first kappa shape index (κ1) is 10.1. The van der Waals surface area contributed by atoms with Crippen molar-refractivity contribution in [3.63, 3.8) is 0 Å². The van der Waals surface area contributed by atoms with Gasteiger partial charge in [0.25, 0.3) is 0 Å². The molecule has 1 heterocycles. The van der Waals surface area contributed by atoms with Gasteiger partial charge in [-0.25, -0.2) is 0 Å². The van der Waals surface area contributed by atoms with Gasteiger partial charge in [0.15, 0.2) is 0 Å². The fraction of sp³-hybridized carbons (Fsp3) is 0.222. The van der Waals surface area contributed by atoms with Crippen molar-refractivity contribution >= 4 is 37.8 Å². The minimum atomic E-state index is -0.284. The van der Waals surface area contributed by atoms with Gasteiger partial charge >= 0.3 is 5.97 Å². The quantitative estimate of drug-likeness (QED) is 0.590. The third kappa shape index (κ3) is 1.71. The van der Waals surface area contributed by atoms with Gasteiger partial charge in [0, 0.05) is 16.1 Å². The van der Waals surface area contributed by atoms with Gasteiger partial charge in [-0.3, -0.25) is 4.79 Å². The summed E-state index contributed by atoms with van der Waals surface area (Å²) < 4.78 is 6.76. The van der Waals surface area contributed by atoms with Gasteiger partial charge in [0.05, 0.1) is 10.9 Å². The topological polar surface area (TPSA) is 52.3 Å². The van der Waals surface area contributed by atoms with Crippen molar-refractivity contribution < 1.29 is 9.53 Å². The standard InChI is InChI=1S/C9H7Br2NO2/c10-4-1-5-7(12)3-8(13)14-9(5)6(11)2-4/h1-2,7H,3,12H2. The van der Waals surface area contributed by atoms with Gasteiger partial charge in [-0.05, 0) is 28.1 Å². The third-order valence-corrected chi connectivity index (χ3v) is 3.09. The summed E-state index contributed by atoms with van der Waals surface area (Å²) >= 11 is 6.68. The van der Waals surface area contributed by atoms with E-state index in [0.717, 1.165) is 14.5 Å². The van der Waals surface area contributed by atoms with E-state index in [1.165, 1.54) is 0 Å². The predicted molar refractivity (Wildman–Crippen MR) is 59.0 cm³/mol. The van der Waals surface area contributed by atoms with Crippen LogP contribution in [0.5, 0.6) is 5.75 Å². The number of hydrogen-bond donors (Lipinski definition) is 1. The highest BCUT2D eigenvalue weighted by atomic mass is 79.9. The number of esters is 1. The van der Waals surface area contributed by atoms with Crippen LogP contribution in [0.2, 0.25) is 0 Å². The second-order valence-electron chi connectivity index (χ2n) is 3.09. The van der Waals surface area contributed by atoms with E-state index >= 15 is 0 Å². The lowest BCUT2D eigenvalue weighted by Gasteiger charge is -2.22. The number of carbonyl (C=O) groups is 1. The molecule has 5 heteroatoms. The second-order valence-corrected chi connectivity index (χ2v) is 4.86. The normalized spacial score (nSPS) is 20.2. The summed E-state index contributed by atoms with van der Waals surface area (Å²) in [6.07, 6.45) is 0.232. The molecule has 0 aliphatic carbocycles. The van der Waals surface area contributed by atoms with Crippen LogP contribution in [0.3, 0.4) is 0 Å². The summed E-state index contributed by atoms with van der Waals surface area (Å²) in [6, 6.07) is 3.42. The highest BCUT2D eigenvalue weighted by molar-refractivity contribution is 9.11. The molecule has 1 aliphatic rings. The lowest BCUT2D eigenvalue weighted by atomic mass is 10.0. The third-order valence-electron chi connectivity index (χ3n) is 2.04. The number of hydrogen-bond acceptors (Lipinski definition) is 3. The van der Waals surface area contributed by atoms with Crippen molar-refractivity contribution in [2.45, 2.75) is 12.5 Å². The van der Waals surface area contributed by atoms with Crippen LogP contribution in [-0.4, -0.2) is 5.97 Å². The molecule has 2 N–H and O–H groups in total. The first-order valence-electron chi connectivity index (χ1n) is 4.03. The molecule has 0 saturated heterocycles. The number of halogens is 2. The Bertz CT molecular complexity index is 406. The van der Waals surface area contributed by atoms with Gasteiger partial charge in [0.2, 0.25) is 0 Å². The molecule has 1 unspecified atom stereocenters. The Morgan fingerprint density at radius 3 is 2.86 bits per heavy atom. The maximum atomic E-state index is 11.1. The van der Waals surface area contributed by atoms with Gasteiger partial charge in [-0.1, -0.05) is 15.9 Å². The number of fused-ring (bicyclic) bond motifs is 1. The summed E-state index contributed by atoms with van der Waals surface area (Å²) in [5.41, 5.74) is 6.68. The molecule has 2 rings (SSSR count). The van der Waals surface area contributed by atoms with E-state index in [0.29, 0.717) is 5.75 Å². The molecule has 0 aromatic heterocycles. The molecule has 0 spiro atoms. The minimum Gasteiger partial charge on any atom is -0.425 e. The van der Waals surface area contributed by atoms with E-state index in [1.807, 2.05) is 12.1 Å². The molecule has 0 bridgehead atoms. The molecule has 0 fully saturated rings. The molecule has 1 aromatic rings. The zero-order valence-electron chi connectivity index (χ0n) is 7.09. The van der Waals surface area contributed by atoms with E-state index in [9.17, 15) is 4.79 Å². The smallest absolute Gasteiger partial charge is 0.313 e. The fourth-order valence-corrected chi connectivity index (χ4v) is 2.75. The number of benzene rings is 1. The molecule has 0 saturated carbocycles. The molecular formula is C9H7Br2NO2. The van der Waals surface area contributed by atoms with Crippen LogP contribution in [0.4, 0.5) is 0 Å². The zero-order valence-corrected chi connectivity index (χ0v) is 10.3. The van der Waals surface area contributed by atoms with E-state index in [-0.39, 0.29) is 18.4 Å². The molecule has 0 radical (unpaired) electrons. The van der Waals surface area contributed by atoms with E-state index < -0.39 is 0 Å². The Hall–Kier alpha value is -0.390. The summed E-state index contributed by atoms with van der Waals surface area (Å²) in [5, 5.41) is 0. The molecule has 1 aliphatic heterocycles. The van der Waals surface area contributed by atoms with Crippen LogP contribution >= 0.6 is 31.9 Å². The van der Waals surface area contributed by atoms with Crippen molar-refractivity contribution in [2.24, 2.45) is 5.73 Å². The molecule has 0 amide bonds. The van der Waals surface area contributed by atoms with E-state index in [1.54, 1.807) is 0 Å². The monoisotopic (exact) mass is 319 g/mol. The first-order chi connectivity index (χ1) is 6.58. The molecule has 1 aromatic carbocycles. The van der Waals surface area contributed by atoms with Gasteiger partial charge in [0.1, 0.15) is 5.75 Å². The number of ether oxygens (including phenoxy) is 1. The lowest BCUT2D eigenvalue weighted by Crippen LogP contribution is -2.25. The number of rotatable bonds is 0. The van der Waals surface area contributed by atoms with Crippen LogP contribution in [0.15, 0.2) is 21.1 Å². The van der Waals surface area contributed by atoms with Crippen molar-refractivity contribution in [3.05, 3.63) is 26.6 Å². The average Bonchev–Trinajstić information content (AvgIpc) is 2.07. The van der Waals surface area contributed by atoms with Crippen molar-refractivity contribution in [1.82, 2.24) is 0 Å². The van der Waals surface area contributed by atoms with E-state index in [2.05, 4.69) is 31.9 Å². The van der Waals surface area contributed by atoms with Gasteiger partial charge in [-0.15, -0.1) is 0 Å². The Labute approximate surface area is 97.9 Å². The highest BCUT2D eigenvalue weighted by Crippen LogP contribution is 2.39. The number of nitrogens with two attached hydrogens (primary N) is 1. The fourth-order valence-electron chi connectivity index (χ4n) is 1.41. The molecule has 14 heavy (non-hydrogen) atoms. The Balaban J connectivity index is 2.58. The summed E-state index contributed by atoms with van der Waals surface area (Å²) in [6.45, 7) is 0. The van der Waals surface area contributed by atoms with Gasteiger partial charge in [-0.2, -0.15) is 0 Å². The number of carbonyl (C=O) groups excluding carboxylic acids is 1. The van der Waals surface area contributed by atoms with Crippen LogP contribution in [0, 0.1) is 0 Å². The summed E-state index contributed by atoms with van der Waals surface area (Å²) in [7, 11) is 0. The van der Waals surface area contributed by atoms with Crippen LogP contribution in [-0.2, 0) is 4.79 Å². The van der Waals surface area contributed by atoms with E-state index in [4.69, 9.17) is 10.5 Å². The predicted octanol–water partition coefficient (Wildman–Crippen LogP) is 2.52. The van der Waals surface area contributed by atoms with Gasteiger partial charge < -0.3 is 10.5 Å². The maximum Gasteiger partial charge on any atom is 0.313 e. The highest BCUT2D eigenvalue weighted by Gasteiger charge is 2.26. The minimum absolute atomic E-state index is 0.232. The lowest BCUT2D eigenvalue weighted by molar-refractivity contribution is -0.135. The Morgan fingerprint density at radius 2 is 2.14 bits per heavy atom. The summed E-state index contributed by atoms with van der Waals surface area (Å²) in [4.78, 5) is 11.1. The first-order valence-corrected chi connectivity index (χ1v) is 5.61. The largest absolute Gasteiger partial charge is 0.425 e. The Kier molecular flexibility index (Phi) is 2.64. The second kappa shape index (κ2) is 3.64. The Morgan fingerprint density at radius 1 is 1.43 bits per heavy atom. The van der Waals surface area contributed by atoms with Crippen molar-refractivity contribution in [2.75, 3.05) is 0 Å². The maximum absolute atomic E-state index is 11.1. The van der Waals surface area contributed by atoms with Crippen molar-refractivity contribution in [1.29, 1.82) is 0 Å². The molecule has 74 valence electrons. The molecule has 1 atom stereocenters. The van der Waals surface area contributed by atoms with Crippen LogP contribution < -0.4 is 10.5 Å². The summed E-state index contributed by atoms with van der Waals surface area (Å²) in [5.74, 6) is 0.255. The van der Waals surface area contributed by atoms with Crippen LogP contribution in [0.25, 0.3) is 0 Å². The molecular weight excluding hydrogens is 314 g/mol. The zero-order chi connectivity index (χ0) is 10.3. The van der Waals surface area contributed by atoms with Crippen molar-refractivity contribution in [3.8, 4) is 5.75 Å². The van der Waals surface area contributed by atoms with Crippen LogP contribution in [0.1, 0.15) is 18.0 Å². The molecule has 3 nitrogen and oxygen atoms in total.